The first-order valence-electron chi connectivity index (χ1n) is 2.56. The molecule has 0 aliphatic rings. The van der Waals surface area contributed by atoms with Crippen molar-refractivity contribution >= 4 is 6.16 Å². The summed E-state index contributed by atoms with van der Waals surface area (Å²) in [5, 5.41) is 7.99. The number of carboxylic acid groups (broad SMARTS) is 1. The van der Waals surface area contributed by atoms with Crippen LogP contribution in [0.5, 0.6) is 0 Å². The van der Waals surface area contributed by atoms with E-state index in [-0.39, 0.29) is 13.5 Å². The van der Waals surface area contributed by atoms with E-state index in [2.05, 4.69) is 4.74 Å². The summed E-state index contributed by atoms with van der Waals surface area (Å²) in [6.45, 7) is 3.59. The fraction of sp³-hybridized carbons (Fsp3) is 0.833. The zero-order valence-electron chi connectivity index (χ0n) is 5.05. The summed E-state index contributed by atoms with van der Waals surface area (Å²) >= 11 is 0. The van der Waals surface area contributed by atoms with Gasteiger partial charge in [0.25, 0.3) is 0 Å². The molecular formula is C6H14O3. The maximum atomic E-state index is 9.75. The molecule has 3 nitrogen and oxygen atoms in total. The zero-order chi connectivity index (χ0) is 6.57. The van der Waals surface area contributed by atoms with E-state index in [1.54, 1.807) is 6.92 Å². The molecule has 0 rings (SSSR count). The Bertz CT molecular complexity index is 80.4. The molecule has 0 bridgehead atoms. The monoisotopic (exact) mass is 134 g/mol. The minimum absolute atomic E-state index is 0. The molecule has 1 N–H and O–H groups in total. The average molecular weight is 134 g/mol. The molecule has 1 atom stereocenters. The van der Waals surface area contributed by atoms with Crippen LogP contribution in [0.3, 0.4) is 0 Å². The van der Waals surface area contributed by atoms with Crippen LogP contribution in [-0.2, 0) is 4.74 Å². The van der Waals surface area contributed by atoms with Gasteiger partial charge in [0.05, 0.1) is 0 Å². The van der Waals surface area contributed by atoms with E-state index in [4.69, 9.17) is 5.11 Å². The third-order valence-electron chi connectivity index (χ3n) is 0.877. The van der Waals surface area contributed by atoms with Crippen LogP contribution in [0.15, 0.2) is 0 Å². The van der Waals surface area contributed by atoms with Crippen LogP contribution in [0.2, 0.25) is 0 Å². The van der Waals surface area contributed by atoms with E-state index in [0.29, 0.717) is 0 Å². The first kappa shape index (κ1) is 11.1. The van der Waals surface area contributed by atoms with Crippen LogP contribution in [0.4, 0.5) is 4.79 Å². The molecule has 0 spiro atoms. The first-order chi connectivity index (χ1) is 3.66. The summed E-state index contributed by atoms with van der Waals surface area (Å²) in [5.74, 6) is 0. The van der Waals surface area contributed by atoms with Gasteiger partial charge in [-0.3, -0.25) is 0 Å². The molecule has 9 heavy (non-hydrogen) atoms. The van der Waals surface area contributed by atoms with Crippen molar-refractivity contribution in [3.05, 3.63) is 0 Å². The molecule has 0 saturated heterocycles. The van der Waals surface area contributed by atoms with E-state index in [0.717, 1.165) is 6.42 Å². The Labute approximate surface area is 55.6 Å². The average Bonchev–Trinajstić information content (AvgIpc) is 1.65. The lowest BCUT2D eigenvalue weighted by molar-refractivity contribution is 0.0577. The van der Waals surface area contributed by atoms with Crippen LogP contribution >= 0.6 is 0 Å². The van der Waals surface area contributed by atoms with Crippen LogP contribution in [0, 0.1) is 0 Å². The summed E-state index contributed by atoms with van der Waals surface area (Å²) in [5.41, 5.74) is 0. The molecule has 0 aromatic carbocycles. The van der Waals surface area contributed by atoms with Gasteiger partial charge < -0.3 is 9.84 Å². The van der Waals surface area contributed by atoms with Crippen molar-refractivity contribution in [2.75, 3.05) is 0 Å². The molecule has 0 aliphatic carbocycles. The first-order valence-corrected chi connectivity index (χ1v) is 2.56. The molecule has 0 saturated carbocycles. The zero-order valence-corrected chi connectivity index (χ0v) is 5.05. The number of hydrogen-bond acceptors (Lipinski definition) is 2. The molecule has 0 radical (unpaired) electrons. The van der Waals surface area contributed by atoms with Crippen molar-refractivity contribution in [3.8, 4) is 0 Å². The highest BCUT2D eigenvalue weighted by Gasteiger charge is 2.01. The molecule has 1 unspecified atom stereocenters. The molecular weight excluding hydrogens is 120 g/mol. The van der Waals surface area contributed by atoms with E-state index in [9.17, 15) is 4.79 Å². The van der Waals surface area contributed by atoms with E-state index in [1.165, 1.54) is 0 Å². The predicted octanol–water partition coefficient (Wildman–Crippen LogP) is 2.12. The van der Waals surface area contributed by atoms with Gasteiger partial charge in [-0.25, -0.2) is 4.79 Å². The van der Waals surface area contributed by atoms with Crippen molar-refractivity contribution in [1.29, 1.82) is 0 Å². The van der Waals surface area contributed by atoms with E-state index < -0.39 is 6.16 Å². The van der Waals surface area contributed by atoms with E-state index in [1.807, 2.05) is 6.92 Å². The SMILES string of the molecule is C.CCC(C)OC(=O)O. The standard InChI is InChI=1S/C5H10O3.CH4/c1-3-4(2)8-5(6)7;/h4H,3H2,1-2H3,(H,6,7);1H4. The lowest BCUT2D eigenvalue weighted by Crippen LogP contribution is -2.10. The van der Waals surface area contributed by atoms with Crippen LogP contribution in [-0.4, -0.2) is 17.4 Å². The highest BCUT2D eigenvalue weighted by molar-refractivity contribution is 5.56. The Morgan fingerprint density at radius 3 is 2.33 bits per heavy atom. The highest BCUT2D eigenvalue weighted by Crippen LogP contribution is 1.94. The molecule has 0 aromatic rings. The Morgan fingerprint density at radius 1 is 1.78 bits per heavy atom. The van der Waals surface area contributed by atoms with Gasteiger partial charge in [-0.05, 0) is 13.3 Å². The molecule has 0 amide bonds. The molecule has 0 aromatic heterocycles. The van der Waals surface area contributed by atoms with Crippen LogP contribution in [0.1, 0.15) is 27.7 Å². The van der Waals surface area contributed by atoms with Gasteiger partial charge in [-0.15, -0.1) is 0 Å². The Hall–Kier alpha value is -0.730. The van der Waals surface area contributed by atoms with Gasteiger partial charge >= 0.3 is 6.16 Å². The molecule has 3 heteroatoms. The van der Waals surface area contributed by atoms with Crippen molar-refractivity contribution in [2.24, 2.45) is 0 Å². The van der Waals surface area contributed by atoms with Gasteiger partial charge in [0.15, 0.2) is 0 Å². The van der Waals surface area contributed by atoms with Crippen LogP contribution < -0.4 is 0 Å². The summed E-state index contributed by atoms with van der Waals surface area (Å²) in [4.78, 5) is 9.75. The lowest BCUT2D eigenvalue weighted by Gasteiger charge is -2.04. The third-order valence-corrected chi connectivity index (χ3v) is 0.877. The van der Waals surface area contributed by atoms with Crippen molar-refractivity contribution in [1.82, 2.24) is 0 Å². The van der Waals surface area contributed by atoms with Crippen molar-refractivity contribution < 1.29 is 14.6 Å². The number of ether oxygens (including phenoxy) is 1. The quantitative estimate of drug-likeness (QED) is 0.588. The van der Waals surface area contributed by atoms with Gasteiger partial charge in [0, 0.05) is 0 Å². The lowest BCUT2D eigenvalue weighted by atomic mass is 10.3. The van der Waals surface area contributed by atoms with Gasteiger partial charge in [0.1, 0.15) is 6.10 Å². The summed E-state index contributed by atoms with van der Waals surface area (Å²) in [6, 6.07) is 0. The second-order valence-electron chi connectivity index (χ2n) is 1.60. The summed E-state index contributed by atoms with van der Waals surface area (Å²) in [6.07, 6.45) is -0.640. The minimum Gasteiger partial charge on any atom is -0.450 e. The fourth-order valence-corrected chi connectivity index (χ4v) is 0.255. The maximum Gasteiger partial charge on any atom is 0.506 e. The molecule has 0 fully saturated rings. The van der Waals surface area contributed by atoms with E-state index >= 15 is 0 Å². The molecule has 0 aliphatic heterocycles. The Morgan fingerprint density at radius 2 is 2.22 bits per heavy atom. The molecule has 0 heterocycles. The maximum absolute atomic E-state index is 9.75. The van der Waals surface area contributed by atoms with Gasteiger partial charge in [-0.2, -0.15) is 0 Å². The smallest absolute Gasteiger partial charge is 0.450 e. The Kier molecular flexibility index (Phi) is 6.68. The van der Waals surface area contributed by atoms with Crippen molar-refractivity contribution in [3.63, 3.8) is 0 Å². The Balaban J connectivity index is 0. The summed E-state index contributed by atoms with van der Waals surface area (Å²) in [7, 11) is 0. The largest absolute Gasteiger partial charge is 0.506 e. The second kappa shape index (κ2) is 5.41. The third kappa shape index (κ3) is 7.27. The van der Waals surface area contributed by atoms with Crippen LogP contribution in [0.25, 0.3) is 0 Å². The number of hydrogen-bond donors (Lipinski definition) is 1. The van der Waals surface area contributed by atoms with Crippen molar-refractivity contribution in [2.45, 2.75) is 33.8 Å². The second-order valence-corrected chi connectivity index (χ2v) is 1.60. The fourth-order valence-electron chi connectivity index (χ4n) is 0.255. The number of rotatable bonds is 2. The predicted molar refractivity (Wildman–Crippen MR) is 35.6 cm³/mol. The summed E-state index contributed by atoms with van der Waals surface area (Å²) < 4.78 is 4.32. The number of carbonyl (C=O) groups is 1. The van der Waals surface area contributed by atoms with Gasteiger partial charge in [0.2, 0.25) is 0 Å². The topological polar surface area (TPSA) is 46.5 Å². The molecule has 56 valence electrons. The normalized spacial score (nSPS) is 11.3. The van der Waals surface area contributed by atoms with Gasteiger partial charge in [-0.1, -0.05) is 14.4 Å². The highest BCUT2D eigenvalue weighted by atomic mass is 16.7. The minimum atomic E-state index is -1.20.